The Morgan fingerprint density at radius 2 is 0.860 bits per heavy atom. The van der Waals surface area contributed by atoms with Crippen molar-refractivity contribution in [1.29, 1.82) is 0 Å². The molecule has 0 spiro atoms. The van der Waals surface area contributed by atoms with E-state index in [0.717, 1.165) is 21.9 Å². The van der Waals surface area contributed by atoms with Crippen LogP contribution < -0.4 is 30.5 Å². The summed E-state index contributed by atoms with van der Waals surface area (Å²) in [4.78, 5) is 25.7. The molecule has 224 valence electrons. The number of hydrogen-bond acceptors (Lipinski definition) is 5. The van der Waals surface area contributed by atoms with Crippen LogP contribution in [-0.4, -0.2) is 41.7 Å². The van der Waals surface area contributed by atoms with Crippen LogP contribution in [0.4, 0.5) is 11.4 Å². The number of carbonyl (C=O) groups is 2. The van der Waals surface area contributed by atoms with Gasteiger partial charge in [0.1, 0.15) is 11.5 Å². The van der Waals surface area contributed by atoms with E-state index in [1.807, 2.05) is 111 Å². The maximum atomic E-state index is 12.8. The third-order valence-corrected chi connectivity index (χ3v) is 14.6. The number of nitrogens with one attached hydrogen (secondary N) is 2. The molecule has 0 aliphatic rings. The minimum Gasteiger partial charge on any atom is -0.494 e. The van der Waals surface area contributed by atoms with Gasteiger partial charge in [0.15, 0.2) is 0 Å². The topological polar surface area (TPSA) is 85.9 Å². The van der Waals surface area contributed by atoms with Gasteiger partial charge in [0.05, 0.1) is 13.2 Å². The van der Waals surface area contributed by atoms with E-state index in [9.17, 15) is 9.59 Å². The van der Waals surface area contributed by atoms with Gasteiger partial charge in [0.25, 0.3) is 11.8 Å². The van der Waals surface area contributed by atoms with Gasteiger partial charge in [0.2, 0.25) is 16.6 Å². The monoisotopic (exact) mass is 612 g/mol. The molecule has 0 saturated carbocycles. The molecule has 4 rings (SSSR count). The molecule has 0 aliphatic heterocycles. The first-order chi connectivity index (χ1) is 20.5. The third kappa shape index (κ3) is 8.44. The molecule has 2 N–H and O–H groups in total. The maximum Gasteiger partial charge on any atom is 0.255 e. The molecule has 0 fully saturated rings. The second kappa shape index (κ2) is 13.9. The van der Waals surface area contributed by atoms with E-state index >= 15 is 0 Å². The maximum absolute atomic E-state index is 12.8. The fraction of sp³-hybridized carbons (Fsp3) is 0.235. The highest BCUT2D eigenvalue weighted by Crippen LogP contribution is 2.20. The Kier molecular flexibility index (Phi) is 10.2. The van der Waals surface area contributed by atoms with Crippen molar-refractivity contribution in [2.24, 2.45) is 0 Å². The minimum atomic E-state index is -2.31. The van der Waals surface area contributed by atoms with Crippen LogP contribution in [0.25, 0.3) is 0 Å². The Morgan fingerprint density at radius 3 is 1.16 bits per heavy atom. The second-order valence-corrected chi connectivity index (χ2v) is 19.1. The van der Waals surface area contributed by atoms with Gasteiger partial charge in [-0.3, -0.25) is 9.59 Å². The van der Waals surface area contributed by atoms with E-state index in [1.54, 1.807) is 0 Å². The summed E-state index contributed by atoms with van der Waals surface area (Å²) in [6, 6.07) is 30.1. The minimum absolute atomic E-state index is 0.169. The fourth-order valence-electron chi connectivity index (χ4n) is 4.81. The third-order valence-electron chi connectivity index (χ3n) is 7.04. The zero-order valence-electron chi connectivity index (χ0n) is 25.7. The van der Waals surface area contributed by atoms with Crippen LogP contribution in [0.5, 0.6) is 11.5 Å². The highest BCUT2D eigenvalue weighted by molar-refractivity contribution is 6.96. The van der Waals surface area contributed by atoms with Gasteiger partial charge < -0.3 is 24.2 Å². The van der Waals surface area contributed by atoms with Crippen LogP contribution >= 0.6 is 0 Å². The molecule has 7 nitrogen and oxygen atoms in total. The van der Waals surface area contributed by atoms with E-state index in [1.165, 1.54) is 0 Å². The largest absolute Gasteiger partial charge is 0.494 e. The normalized spacial score (nSPS) is 11.5. The summed E-state index contributed by atoms with van der Waals surface area (Å²) in [5, 5.41) is 8.09. The van der Waals surface area contributed by atoms with E-state index in [0.29, 0.717) is 35.7 Å². The molecule has 0 unspecified atom stereocenters. The molecule has 0 bridgehead atoms. The van der Waals surface area contributed by atoms with Crippen molar-refractivity contribution >= 4 is 50.2 Å². The van der Waals surface area contributed by atoms with Crippen molar-refractivity contribution in [3.8, 4) is 11.5 Å². The number of rotatable bonds is 12. The van der Waals surface area contributed by atoms with Crippen LogP contribution in [0.1, 0.15) is 34.6 Å². The van der Waals surface area contributed by atoms with Crippen molar-refractivity contribution in [2.45, 2.75) is 40.0 Å². The van der Waals surface area contributed by atoms with Crippen LogP contribution in [-0.2, 0) is 4.12 Å². The Hall–Kier alpha value is -4.19. The molecule has 43 heavy (non-hydrogen) atoms. The first-order valence-electron chi connectivity index (χ1n) is 14.5. The highest BCUT2D eigenvalue weighted by Gasteiger charge is 2.36. The van der Waals surface area contributed by atoms with Crippen molar-refractivity contribution < 1.29 is 23.2 Å². The van der Waals surface area contributed by atoms with Gasteiger partial charge in [0, 0.05) is 22.5 Å². The Labute approximate surface area is 256 Å². The van der Waals surface area contributed by atoms with Crippen molar-refractivity contribution in [3.05, 3.63) is 108 Å². The summed E-state index contributed by atoms with van der Waals surface area (Å²) >= 11 is 0. The van der Waals surface area contributed by atoms with Crippen LogP contribution in [0, 0.1) is 0 Å². The quantitative estimate of drug-likeness (QED) is 0.178. The van der Waals surface area contributed by atoms with Gasteiger partial charge in [-0.1, -0.05) is 24.3 Å². The number of anilines is 2. The molecule has 4 aromatic carbocycles. The summed E-state index contributed by atoms with van der Waals surface area (Å²) in [6.45, 7) is 13.8. The lowest BCUT2D eigenvalue weighted by molar-refractivity contribution is 0.101. The van der Waals surface area contributed by atoms with Crippen LogP contribution in [0.3, 0.4) is 0 Å². The Balaban J connectivity index is 1.37. The zero-order chi connectivity index (χ0) is 31.0. The first kappa shape index (κ1) is 31.7. The Morgan fingerprint density at radius 1 is 0.535 bits per heavy atom. The molecule has 0 saturated heterocycles. The summed E-state index contributed by atoms with van der Waals surface area (Å²) in [5.41, 5.74) is 2.59. The number of amides is 2. The van der Waals surface area contributed by atoms with Gasteiger partial charge in [-0.05, 0) is 123 Å². The average Bonchev–Trinajstić information content (AvgIpc) is 2.99. The fourth-order valence-corrected chi connectivity index (χ4v) is 12.8. The van der Waals surface area contributed by atoms with Crippen molar-refractivity contribution in [3.63, 3.8) is 0 Å². The van der Waals surface area contributed by atoms with Gasteiger partial charge in [-0.2, -0.15) is 0 Å². The average molecular weight is 613 g/mol. The predicted molar refractivity (Wildman–Crippen MR) is 179 cm³/mol. The summed E-state index contributed by atoms with van der Waals surface area (Å²) in [7, 11) is -4.63. The van der Waals surface area contributed by atoms with Gasteiger partial charge in [-0.15, -0.1) is 0 Å². The molecule has 0 aromatic heterocycles. The van der Waals surface area contributed by atoms with Crippen LogP contribution in [0.15, 0.2) is 97.1 Å². The van der Waals surface area contributed by atoms with Crippen molar-refractivity contribution in [2.75, 3.05) is 23.8 Å². The summed E-state index contributed by atoms with van der Waals surface area (Å²) < 4.78 is 17.8. The zero-order valence-corrected chi connectivity index (χ0v) is 27.7. The lowest BCUT2D eigenvalue weighted by atomic mass is 10.2. The molecular weight excluding hydrogens is 573 g/mol. The van der Waals surface area contributed by atoms with Gasteiger partial charge in [-0.25, -0.2) is 0 Å². The van der Waals surface area contributed by atoms with Gasteiger partial charge >= 0.3 is 0 Å². The summed E-state index contributed by atoms with van der Waals surface area (Å²) in [6.07, 6.45) is 0. The lowest BCUT2D eigenvalue weighted by Crippen LogP contribution is -2.57. The lowest BCUT2D eigenvalue weighted by Gasteiger charge is -2.34. The molecule has 0 aliphatic carbocycles. The SMILES string of the molecule is CCOc1ccc(NC(=O)c2ccc([Si](C)(C)O[Si](C)(C)c3ccc(C(=O)Nc4ccc(OCC)cc4)cc3)cc2)cc1. The standard InChI is InChI=1S/C34H40N2O5Si2/c1-7-39-29-17-13-27(14-18-29)35-33(37)25-9-21-31(22-10-25)42(3,4)41-43(5,6)32-23-11-26(12-24-32)34(38)36-28-15-19-30(20-16-28)40-8-2/h9-24H,7-8H2,1-6H3,(H,35,37)(H,36,38). The molecular formula is C34H40N2O5Si2. The molecule has 0 heterocycles. The van der Waals surface area contributed by atoms with Crippen molar-refractivity contribution in [1.82, 2.24) is 0 Å². The van der Waals surface area contributed by atoms with Crippen LogP contribution in [0.2, 0.25) is 26.2 Å². The predicted octanol–water partition coefficient (Wildman–Crippen LogP) is 6.53. The highest BCUT2D eigenvalue weighted by atomic mass is 28.4. The summed E-state index contributed by atoms with van der Waals surface area (Å²) in [5.74, 6) is 1.20. The molecule has 0 radical (unpaired) electrons. The van der Waals surface area contributed by atoms with E-state index in [-0.39, 0.29) is 11.8 Å². The number of carbonyl (C=O) groups excluding carboxylic acids is 2. The Bertz CT molecular complexity index is 1400. The number of ether oxygens (including phenoxy) is 2. The first-order valence-corrected chi connectivity index (χ1v) is 20.3. The second-order valence-electron chi connectivity index (χ2n) is 11.1. The molecule has 0 atom stereocenters. The molecule has 9 heteroatoms. The van der Waals surface area contributed by atoms with E-state index < -0.39 is 16.6 Å². The smallest absolute Gasteiger partial charge is 0.255 e. The molecule has 4 aromatic rings. The number of benzene rings is 4. The molecule has 2 amide bonds. The van der Waals surface area contributed by atoms with E-state index in [2.05, 4.69) is 36.8 Å². The van der Waals surface area contributed by atoms with E-state index in [4.69, 9.17) is 13.6 Å². The number of hydrogen-bond donors (Lipinski definition) is 2.